The zero-order valence-electron chi connectivity index (χ0n) is 11.4. The Kier molecular flexibility index (Phi) is 6.08. The van der Waals surface area contributed by atoms with Gasteiger partial charge in [-0.2, -0.15) is 5.10 Å². The molecule has 0 aliphatic heterocycles. The van der Waals surface area contributed by atoms with Gasteiger partial charge in [0.2, 0.25) is 0 Å². The molecule has 0 unspecified atom stereocenters. The predicted molar refractivity (Wildman–Crippen MR) is 81.0 cm³/mol. The van der Waals surface area contributed by atoms with E-state index in [0.717, 1.165) is 22.6 Å². The molecule has 5 nitrogen and oxygen atoms in total. The molecule has 1 aromatic carbocycles. The highest BCUT2D eigenvalue weighted by atomic mass is 32.1. The Bertz CT molecular complexity index is 475. The van der Waals surface area contributed by atoms with Crippen molar-refractivity contribution in [3.8, 4) is 11.5 Å². The van der Waals surface area contributed by atoms with Gasteiger partial charge in [0.25, 0.3) is 0 Å². The molecule has 0 saturated carbocycles. The van der Waals surface area contributed by atoms with E-state index in [9.17, 15) is 0 Å². The number of hydrazone groups is 1. The Morgan fingerprint density at radius 1 is 1.37 bits per heavy atom. The lowest BCUT2D eigenvalue weighted by molar-refractivity contribution is 0.286. The van der Waals surface area contributed by atoms with Gasteiger partial charge < -0.3 is 15.2 Å². The lowest BCUT2D eigenvalue weighted by Gasteiger charge is -2.14. The molecule has 0 radical (unpaired) electrons. The lowest BCUT2D eigenvalue weighted by atomic mass is 10.1. The van der Waals surface area contributed by atoms with Crippen molar-refractivity contribution in [1.29, 1.82) is 0 Å². The first-order valence-corrected chi connectivity index (χ1v) is 6.48. The number of nitrogens with zero attached hydrogens (tertiary/aromatic N) is 1. The lowest BCUT2D eigenvalue weighted by Crippen LogP contribution is -2.24. The van der Waals surface area contributed by atoms with E-state index in [2.05, 4.69) is 22.7 Å². The minimum Gasteiger partial charge on any atom is -0.490 e. The highest BCUT2D eigenvalue weighted by molar-refractivity contribution is 7.80. The first-order chi connectivity index (χ1) is 9.10. The van der Waals surface area contributed by atoms with Gasteiger partial charge in [-0.1, -0.05) is 0 Å². The molecule has 0 bridgehead atoms. The number of nitrogens with one attached hydrogen (secondary N) is 1. The van der Waals surface area contributed by atoms with Crippen molar-refractivity contribution < 1.29 is 9.47 Å². The minimum atomic E-state index is 0.130. The second kappa shape index (κ2) is 7.58. The topological polar surface area (TPSA) is 68.9 Å². The van der Waals surface area contributed by atoms with Crippen LogP contribution in [-0.4, -0.2) is 24.5 Å². The zero-order chi connectivity index (χ0) is 14.3. The van der Waals surface area contributed by atoms with Crippen LogP contribution in [0.5, 0.6) is 11.5 Å². The Labute approximate surface area is 118 Å². The average Bonchev–Trinajstić information content (AvgIpc) is 2.36. The van der Waals surface area contributed by atoms with E-state index in [1.54, 1.807) is 6.21 Å². The van der Waals surface area contributed by atoms with Gasteiger partial charge in [0.15, 0.2) is 16.6 Å². The van der Waals surface area contributed by atoms with E-state index in [0.29, 0.717) is 13.2 Å². The first-order valence-electron chi connectivity index (χ1n) is 6.07. The van der Waals surface area contributed by atoms with Crippen LogP contribution in [0.15, 0.2) is 17.2 Å². The van der Waals surface area contributed by atoms with Gasteiger partial charge in [-0.3, -0.25) is 5.43 Å². The Balaban J connectivity index is 3.04. The minimum absolute atomic E-state index is 0.130. The largest absolute Gasteiger partial charge is 0.490 e. The number of hydrogen-bond acceptors (Lipinski definition) is 4. The molecule has 1 rings (SSSR count). The predicted octanol–water partition coefficient (Wildman–Crippen LogP) is 1.96. The molecule has 0 aliphatic rings. The summed E-state index contributed by atoms with van der Waals surface area (Å²) >= 11 is 4.67. The van der Waals surface area contributed by atoms with Crippen LogP contribution in [0.25, 0.3) is 0 Å². The smallest absolute Gasteiger partial charge is 0.184 e. The second-order valence-corrected chi connectivity index (χ2v) is 4.15. The number of benzene rings is 1. The van der Waals surface area contributed by atoms with Crippen LogP contribution < -0.4 is 20.6 Å². The summed E-state index contributed by atoms with van der Waals surface area (Å²) in [6.07, 6.45) is 1.65. The SMILES string of the molecule is CCOc1ccc(C=NNC(N)=S)c(C)c1OCC. The van der Waals surface area contributed by atoms with Gasteiger partial charge in [-0.25, -0.2) is 0 Å². The summed E-state index contributed by atoms with van der Waals surface area (Å²) in [6.45, 7) is 7.00. The summed E-state index contributed by atoms with van der Waals surface area (Å²) in [5.41, 5.74) is 9.69. The van der Waals surface area contributed by atoms with Crippen molar-refractivity contribution in [3.63, 3.8) is 0 Å². The molecule has 0 saturated heterocycles. The van der Waals surface area contributed by atoms with Crippen molar-refractivity contribution in [1.82, 2.24) is 5.43 Å². The maximum absolute atomic E-state index is 5.63. The summed E-state index contributed by atoms with van der Waals surface area (Å²) in [6, 6.07) is 3.78. The van der Waals surface area contributed by atoms with Crippen LogP contribution >= 0.6 is 12.2 Å². The molecule has 6 heteroatoms. The zero-order valence-corrected chi connectivity index (χ0v) is 12.2. The van der Waals surface area contributed by atoms with E-state index < -0.39 is 0 Å². The van der Waals surface area contributed by atoms with E-state index in [-0.39, 0.29) is 5.11 Å². The van der Waals surface area contributed by atoms with Crippen molar-refractivity contribution in [3.05, 3.63) is 23.3 Å². The normalized spacial score (nSPS) is 10.5. The maximum atomic E-state index is 5.63. The quantitative estimate of drug-likeness (QED) is 0.474. The summed E-state index contributed by atoms with van der Waals surface area (Å²) in [4.78, 5) is 0. The Morgan fingerprint density at radius 3 is 2.63 bits per heavy atom. The molecule has 0 spiro atoms. The van der Waals surface area contributed by atoms with Crippen molar-refractivity contribution in [2.45, 2.75) is 20.8 Å². The number of thiocarbonyl (C=S) groups is 1. The van der Waals surface area contributed by atoms with Gasteiger partial charge in [0.1, 0.15) is 0 Å². The molecule has 1 aromatic rings. The fraction of sp³-hybridized carbons (Fsp3) is 0.385. The third kappa shape index (κ3) is 4.40. The van der Waals surface area contributed by atoms with Crippen molar-refractivity contribution >= 4 is 23.5 Å². The number of ether oxygens (including phenoxy) is 2. The number of hydrogen-bond donors (Lipinski definition) is 2. The highest BCUT2D eigenvalue weighted by Gasteiger charge is 2.11. The molecule has 0 aliphatic carbocycles. The van der Waals surface area contributed by atoms with E-state index in [1.165, 1.54) is 0 Å². The Morgan fingerprint density at radius 2 is 2.05 bits per heavy atom. The number of nitrogens with two attached hydrogens (primary N) is 1. The molecule has 0 heterocycles. The molecule has 0 fully saturated rings. The van der Waals surface area contributed by atoms with Gasteiger partial charge in [0.05, 0.1) is 19.4 Å². The number of rotatable bonds is 6. The van der Waals surface area contributed by atoms with E-state index in [4.69, 9.17) is 15.2 Å². The first kappa shape index (κ1) is 15.2. The summed E-state index contributed by atoms with van der Waals surface area (Å²) < 4.78 is 11.2. The molecule has 0 atom stereocenters. The second-order valence-electron chi connectivity index (χ2n) is 3.71. The molecular weight excluding hydrogens is 262 g/mol. The van der Waals surface area contributed by atoms with Crippen molar-refractivity contribution in [2.24, 2.45) is 10.8 Å². The third-order valence-corrected chi connectivity index (χ3v) is 2.47. The maximum Gasteiger partial charge on any atom is 0.184 e. The summed E-state index contributed by atoms with van der Waals surface area (Å²) in [5, 5.41) is 4.07. The van der Waals surface area contributed by atoms with E-state index in [1.807, 2.05) is 32.9 Å². The fourth-order valence-electron chi connectivity index (χ4n) is 1.58. The summed E-state index contributed by atoms with van der Waals surface area (Å²) in [5.74, 6) is 1.48. The molecule has 3 N–H and O–H groups in total. The van der Waals surface area contributed by atoms with Crippen LogP contribution in [0.4, 0.5) is 0 Å². The Hall–Kier alpha value is -1.82. The van der Waals surface area contributed by atoms with Crippen LogP contribution in [0, 0.1) is 6.92 Å². The van der Waals surface area contributed by atoms with Gasteiger partial charge in [0, 0.05) is 11.1 Å². The van der Waals surface area contributed by atoms with Crippen LogP contribution in [0.1, 0.15) is 25.0 Å². The monoisotopic (exact) mass is 281 g/mol. The molecule has 0 aromatic heterocycles. The van der Waals surface area contributed by atoms with Crippen LogP contribution in [0.2, 0.25) is 0 Å². The van der Waals surface area contributed by atoms with Gasteiger partial charge >= 0.3 is 0 Å². The summed E-state index contributed by atoms with van der Waals surface area (Å²) in [7, 11) is 0. The van der Waals surface area contributed by atoms with Gasteiger partial charge in [-0.15, -0.1) is 0 Å². The van der Waals surface area contributed by atoms with Crippen LogP contribution in [0.3, 0.4) is 0 Å². The molecule has 104 valence electrons. The van der Waals surface area contributed by atoms with Gasteiger partial charge in [-0.05, 0) is 45.1 Å². The fourth-order valence-corrected chi connectivity index (χ4v) is 1.63. The molecular formula is C13H19N3O2S. The molecule has 19 heavy (non-hydrogen) atoms. The van der Waals surface area contributed by atoms with E-state index >= 15 is 0 Å². The third-order valence-electron chi connectivity index (χ3n) is 2.38. The van der Waals surface area contributed by atoms with Crippen molar-refractivity contribution in [2.75, 3.05) is 13.2 Å². The molecule has 0 amide bonds. The van der Waals surface area contributed by atoms with Crippen LogP contribution in [-0.2, 0) is 0 Å². The highest BCUT2D eigenvalue weighted by Crippen LogP contribution is 2.32. The standard InChI is InChI=1S/C13H19N3O2S/c1-4-17-11-7-6-10(8-15-16-13(14)19)9(3)12(11)18-5-2/h6-8H,4-5H2,1-3H3,(H3,14,16,19). The average molecular weight is 281 g/mol.